The highest BCUT2D eigenvalue weighted by molar-refractivity contribution is 7.18. The molecule has 0 unspecified atom stereocenters. The van der Waals surface area contributed by atoms with Crippen LogP contribution in [0.5, 0.6) is 0 Å². The summed E-state index contributed by atoms with van der Waals surface area (Å²) in [5.74, 6) is 0.229. The van der Waals surface area contributed by atoms with Crippen molar-refractivity contribution >= 4 is 27.5 Å². The summed E-state index contributed by atoms with van der Waals surface area (Å²) in [6, 6.07) is 6.08. The first-order chi connectivity index (χ1) is 14.6. The second-order valence-electron chi connectivity index (χ2n) is 7.93. The Kier molecular flexibility index (Phi) is 6.49. The van der Waals surface area contributed by atoms with E-state index in [0.717, 1.165) is 55.7 Å². The molecule has 2 N–H and O–H groups in total. The van der Waals surface area contributed by atoms with Crippen LogP contribution >= 0.6 is 11.3 Å². The first-order valence-electron chi connectivity index (χ1n) is 11.0. The van der Waals surface area contributed by atoms with Gasteiger partial charge in [0.2, 0.25) is 5.95 Å². The van der Waals surface area contributed by atoms with Crippen molar-refractivity contribution in [1.82, 2.24) is 9.55 Å². The van der Waals surface area contributed by atoms with E-state index in [1.165, 1.54) is 40.3 Å². The zero-order chi connectivity index (χ0) is 21.1. The number of anilines is 1. The van der Waals surface area contributed by atoms with E-state index in [9.17, 15) is 9.18 Å². The third kappa shape index (κ3) is 4.14. The maximum atomic E-state index is 13.7. The molecule has 30 heavy (non-hydrogen) atoms. The standard InChI is InChI=1S/C23H29FN4OS/c1-3-27(4-2)15-14-25-23-26-21-20(18-8-6-5-7-9-19(18)30-21)22(29)28(23)17-12-10-16(24)11-13-17/h10-13H,3-9,14-15H2,1-2H3,(H,25,26)/p+1. The van der Waals surface area contributed by atoms with Crippen LogP contribution in [0.4, 0.5) is 10.3 Å². The van der Waals surface area contributed by atoms with E-state index < -0.39 is 0 Å². The minimum absolute atomic E-state index is 0.0521. The molecular formula is C23H30FN4OS+. The quantitative estimate of drug-likeness (QED) is 0.567. The topological polar surface area (TPSA) is 51.4 Å². The number of halogens is 1. The smallest absolute Gasteiger partial charge is 0.268 e. The summed E-state index contributed by atoms with van der Waals surface area (Å²) in [6.07, 6.45) is 5.45. The van der Waals surface area contributed by atoms with Crippen molar-refractivity contribution < 1.29 is 9.29 Å². The molecule has 3 aromatic rings. The highest BCUT2D eigenvalue weighted by atomic mass is 32.1. The molecule has 1 aliphatic carbocycles. The van der Waals surface area contributed by atoms with Crippen LogP contribution in [0.3, 0.4) is 0 Å². The number of thiophene rings is 1. The van der Waals surface area contributed by atoms with Crippen molar-refractivity contribution in [2.45, 2.75) is 46.0 Å². The molecule has 2 heterocycles. The number of rotatable bonds is 7. The van der Waals surface area contributed by atoms with Gasteiger partial charge in [-0.15, -0.1) is 11.3 Å². The Morgan fingerprint density at radius 1 is 1.13 bits per heavy atom. The molecule has 160 valence electrons. The van der Waals surface area contributed by atoms with Crippen LogP contribution in [0.2, 0.25) is 0 Å². The van der Waals surface area contributed by atoms with Crippen LogP contribution in [0.15, 0.2) is 29.1 Å². The fourth-order valence-corrected chi connectivity index (χ4v) is 5.54. The van der Waals surface area contributed by atoms with Gasteiger partial charge < -0.3 is 10.2 Å². The monoisotopic (exact) mass is 429 g/mol. The van der Waals surface area contributed by atoms with E-state index >= 15 is 0 Å². The van der Waals surface area contributed by atoms with Gasteiger partial charge in [-0.2, -0.15) is 0 Å². The van der Waals surface area contributed by atoms with Crippen LogP contribution in [-0.4, -0.2) is 35.7 Å². The maximum Gasteiger partial charge on any atom is 0.268 e. The zero-order valence-corrected chi connectivity index (χ0v) is 18.6. The number of quaternary nitrogens is 1. The lowest BCUT2D eigenvalue weighted by Crippen LogP contribution is -3.12. The Morgan fingerprint density at radius 3 is 2.60 bits per heavy atom. The van der Waals surface area contributed by atoms with Crippen molar-refractivity contribution in [2.75, 3.05) is 31.5 Å². The minimum atomic E-state index is -0.315. The van der Waals surface area contributed by atoms with Crippen molar-refractivity contribution in [1.29, 1.82) is 0 Å². The molecule has 0 radical (unpaired) electrons. The SMILES string of the molecule is CC[NH+](CC)CCNc1nc2sc3c(c2c(=O)n1-c1ccc(F)cc1)CCCCC3. The molecule has 5 nitrogen and oxygen atoms in total. The molecule has 0 spiro atoms. The van der Waals surface area contributed by atoms with E-state index in [4.69, 9.17) is 4.98 Å². The zero-order valence-electron chi connectivity index (χ0n) is 17.8. The Hall–Kier alpha value is -2.25. The van der Waals surface area contributed by atoms with E-state index in [-0.39, 0.29) is 11.4 Å². The molecule has 0 saturated heterocycles. The molecule has 0 bridgehead atoms. The Labute approximate surface area is 180 Å². The van der Waals surface area contributed by atoms with Gasteiger partial charge in [0.1, 0.15) is 10.6 Å². The summed E-state index contributed by atoms with van der Waals surface area (Å²) >= 11 is 1.67. The van der Waals surface area contributed by atoms with Crippen molar-refractivity contribution in [3.05, 3.63) is 50.9 Å². The van der Waals surface area contributed by atoms with Gasteiger partial charge in [0.15, 0.2) is 0 Å². The van der Waals surface area contributed by atoms with Gasteiger partial charge in [-0.25, -0.2) is 13.9 Å². The predicted molar refractivity (Wildman–Crippen MR) is 122 cm³/mol. The molecular weight excluding hydrogens is 399 g/mol. The number of nitrogens with zero attached hydrogens (tertiary/aromatic N) is 2. The largest absolute Gasteiger partial charge is 0.350 e. The van der Waals surface area contributed by atoms with Crippen LogP contribution in [0, 0.1) is 5.82 Å². The molecule has 1 aliphatic rings. The second-order valence-corrected chi connectivity index (χ2v) is 9.01. The van der Waals surface area contributed by atoms with Gasteiger partial charge in [0, 0.05) is 4.88 Å². The van der Waals surface area contributed by atoms with Crippen LogP contribution < -0.4 is 15.8 Å². The highest BCUT2D eigenvalue weighted by Gasteiger charge is 2.22. The molecule has 2 aromatic heterocycles. The number of aromatic nitrogens is 2. The third-order valence-electron chi connectivity index (χ3n) is 6.09. The van der Waals surface area contributed by atoms with Gasteiger partial charge in [0.05, 0.1) is 37.3 Å². The molecule has 0 fully saturated rings. The molecule has 0 saturated carbocycles. The molecule has 0 atom stereocenters. The average molecular weight is 430 g/mol. The average Bonchev–Trinajstić information content (AvgIpc) is 2.93. The number of aryl methyl sites for hydroxylation is 2. The number of hydrogen-bond acceptors (Lipinski definition) is 4. The normalized spacial score (nSPS) is 14.1. The summed E-state index contributed by atoms with van der Waals surface area (Å²) in [6.45, 7) is 8.15. The molecule has 7 heteroatoms. The predicted octanol–water partition coefficient (Wildman–Crippen LogP) is 3.19. The number of fused-ring (bicyclic) bond motifs is 3. The Balaban J connectivity index is 1.81. The minimum Gasteiger partial charge on any atom is -0.350 e. The van der Waals surface area contributed by atoms with Crippen LogP contribution in [-0.2, 0) is 12.8 Å². The molecule has 4 rings (SSSR count). The Morgan fingerprint density at radius 2 is 1.87 bits per heavy atom. The van der Waals surface area contributed by atoms with Gasteiger partial charge in [-0.05, 0) is 69.4 Å². The summed E-state index contributed by atoms with van der Waals surface area (Å²) in [5.41, 5.74) is 1.77. The van der Waals surface area contributed by atoms with E-state index in [1.807, 2.05) is 0 Å². The molecule has 0 amide bonds. The van der Waals surface area contributed by atoms with Crippen LogP contribution in [0.25, 0.3) is 15.9 Å². The lowest BCUT2D eigenvalue weighted by atomic mass is 10.1. The second kappa shape index (κ2) is 9.27. The summed E-state index contributed by atoms with van der Waals surface area (Å²) < 4.78 is 15.1. The van der Waals surface area contributed by atoms with E-state index in [0.29, 0.717) is 11.6 Å². The van der Waals surface area contributed by atoms with E-state index in [2.05, 4.69) is 19.2 Å². The first kappa shape index (κ1) is 21.0. The Bertz CT molecular complexity index is 1070. The number of hydrogen-bond donors (Lipinski definition) is 2. The van der Waals surface area contributed by atoms with Crippen molar-refractivity contribution in [3.63, 3.8) is 0 Å². The maximum absolute atomic E-state index is 13.7. The molecule has 0 aliphatic heterocycles. The fourth-order valence-electron chi connectivity index (χ4n) is 4.28. The number of nitrogens with one attached hydrogen (secondary N) is 2. The van der Waals surface area contributed by atoms with Gasteiger partial charge in [-0.1, -0.05) is 6.42 Å². The number of likely N-dealkylation sites (N-methyl/N-ethyl adjacent to an activating group) is 1. The highest BCUT2D eigenvalue weighted by Crippen LogP contribution is 2.34. The van der Waals surface area contributed by atoms with E-state index in [1.54, 1.807) is 28.0 Å². The van der Waals surface area contributed by atoms with Gasteiger partial charge >= 0.3 is 0 Å². The van der Waals surface area contributed by atoms with Gasteiger partial charge in [0.25, 0.3) is 5.56 Å². The lowest BCUT2D eigenvalue weighted by Gasteiger charge is -2.18. The van der Waals surface area contributed by atoms with Crippen molar-refractivity contribution in [3.8, 4) is 5.69 Å². The van der Waals surface area contributed by atoms with Gasteiger partial charge in [-0.3, -0.25) is 4.79 Å². The lowest BCUT2D eigenvalue weighted by molar-refractivity contribution is -0.894. The van der Waals surface area contributed by atoms with Crippen molar-refractivity contribution in [2.24, 2.45) is 0 Å². The fraction of sp³-hybridized carbons (Fsp3) is 0.478. The number of benzene rings is 1. The summed E-state index contributed by atoms with van der Waals surface area (Å²) in [4.78, 5) is 22.2. The third-order valence-corrected chi connectivity index (χ3v) is 7.27. The molecule has 1 aromatic carbocycles. The van der Waals surface area contributed by atoms with Crippen LogP contribution in [0.1, 0.15) is 43.6 Å². The summed E-state index contributed by atoms with van der Waals surface area (Å²) in [5, 5.41) is 4.15. The first-order valence-corrected chi connectivity index (χ1v) is 11.8. The summed E-state index contributed by atoms with van der Waals surface area (Å²) in [7, 11) is 0.